The minimum atomic E-state index is -1.92. The summed E-state index contributed by atoms with van der Waals surface area (Å²) in [6.07, 6.45) is -7.54. The van der Waals surface area contributed by atoms with Crippen LogP contribution in [0, 0.1) is 0 Å². The van der Waals surface area contributed by atoms with Gasteiger partial charge in [0.15, 0.2) is 12.1 Å². The lowest BCUT2D eigenvalue weighted by molar-refractivity contribution is -0.138. The molecule has 98 valence electrons. The fraction of sp³-hybridized carbons (Fsp3) is 0.600. The summed E-state index contributed by atoms with van der Waals surface area (Å²) in [6.45, 7) is 4.70. The van der Waals surface area contributed by atoms with E-state index in [0.717, 1.165) is 0 Å². The predicted molar refractivity (Wildman–Crippen MR) is 57.9 cm³/mol. The molecule has 0 aliphatic rings. The standard InChI is InChI=1S/C10H17NO6/c1-4(2)7(14)6(11)9(16)10(17)8(15)5(13)3-12/h3,5-6,8-10,13,15-17H,1,11H2,2H3/t5-,6?,8+,9+,10-/m0/s1. The van der Waals surface area contributed by atoms with E-state index in [1.807, 2.05) is 0 Å². The predicted octanol–water partition coefficient (Wildman–Crippen LogP) is -2.90. The summed E-state index contributed by atoms with van der Waals surface area (Å²) in [4.78, 5) is 21.5. The van der Waals surface area contributed by atoms with Gasteiger partial charge in [0.2, 0.25) is 0 Å². The van der Waals surface area contributed by atoms with E-state index in [0.29, 0.717) is 0 Å². The minimum absolute atomic E-state index is 0.00724. The molecule has 0 heterocycles. The largest absolute Gasteiger partial charge is 0.388 e. The molecule has 1 unspecified atom stereocenters. The van der Waals surface area contributed by atoms with Crippen molar-refractivity contribution in [2.75, 3.05) is 0 Å². The van der Waals surface area contributed by atoms with Crippen molar-refractivity contribution in [3.63, 3.8) is 0 Å². The van der Waals surface area contributed by atoms with Crippen molar-refractivity contribution < 1.29 is 30.0 Å². The van der Waals surface area contributed by atoms with Gasteiger partial charge >= 0.3 is 0 Å². The molecule has 6 N–H and O–H groups in total. The fourth-order valence-electron chi connectivity index (χ4n) is 1.14. The average molecular weight is 247 g/mol. The topological polar surface area (TPSA) is 141 Å². The maximum Gasteiger partial charge on any atom is 0.177 e. The number of Topliss-reactive ketones (excluding diaryl/α,β-unsaturated/α-hetero) is 1. The normalized spacial score (nSPS) is 19.9. The van der Waals surface area contributed by atoms with Gasteiger partial charge in [0.1, 0.15) is 24.4 Å². The van der Waals surface area contributed by atoms with Gasteiger partial charge in [-0.05, 0) is 12.5 Å². The Balaban J connectivity index is 4.69. The van der Waals surface area contributed by atoms with E-state index in [-0.39, 0.29) is 11.9 Å². The van der Waals surface area contributed by atoms with Crippen LogP contribution in [0.2, 0.25) is 0 Å². The Bertz CT molecular complexity index is 305. The van der Waals surface area contributed by atoms with Crippen molar-refractivity contribution in [2.24, 2.45) is 5.73 Å². The Labute approximate surface area is 98.2 Å². The van der Waals surface area contributed by atoms with Crippen molar-refractivity contribution in [1.82, 2.24) is 0 Å². The molecule has 7 nitrogen and oxygen atoms in total. The number of hydrogen-bond acceptors (Lipinski definition) is 7. The molecule has 0 aromatic rings. The Hall–Kier alpha value is -1.12. The van der Waals surface area contributed by atoms with Crippen LogP contribution in [0.15, 0.2) is 12.2 Å². The van der Waals surface area contributed by atoms with E-state index in [1.54, 1.807) is 0 Å². The van der Waals surface area contributed by atoms with Gasteiger partial charge in [-0.3, -0.25) is 4.79 Å². The van der Waals surface area contributed by atoms with Crippen LogP contribution in [-0.2, 0) is 9.59 Å². The van der Waals surface area contributed by atoms with Gasteiger partial charge in [-0.25, -0.2) is 0 Å². The quantitative estimate of drug-likeness (QED) is 0.240. The van der Waals surface area contributed by atoms with E-state index in [2.05, 4.69) is 6.58 Å². The first-order chi connectivity index (χ1) is 7.73. The van der Waals surface area contributed by atoms with Gasteiger partial charge in [-0.2, -0.15) is 0 Å². The Kier molecular flexibility index (Phi) is 6.14. The van der Waals surface area contributed by atoms with Crippen LogP contribution in [0.3, 0.4) is 0 Å². The molecule has 0 radical (unpaired) electrons. The summed E-state index contributed by atoms with van der Waals surface area (Å²) in [5, 5.41) is 37.1. The van der Waals surface area contributed by atoms with Crippen molar-refractivity contribution >= 4 is 12.1 Å². The zero-order chi connectivity index (χ0) is 13.7. The summed E-state index contributed by atoms with van der Waals surface area (Å²) in [7, 11) is 0. The van der Waals surface area contributed by atoms with Gasteiger partial charge < -0.3 is 31.0 Å². The third-order valence-electron chi connectivity index (χ3n) is 2.28. The van der Waals surface area contributed by atoms with Crippen LogP contribution in [0.5, 0.6) is 0 Å². The second-order valence-corrected chi connectivity index (χ2v) is 3.77. The number of carbonyl (C=O) groups is 2. The van der Waals surface area contributed by atoms with E-state index < -0.39 is 36.2 Å². The van der Waals surface area contributed by atoms with Crippen LogP contribution in [-0.4, -0.2) is 63.0 Å². The summed E-state index contributed by atoms with van der Waals surface area (Å²) in [6, 6.07) is -1.49. The molecule has 17 heavy (non-hydrogen) atoms. The monoisotopic (exact) mass is 247 g/mol. The van der Waals surface area contributed by atoms with E-state index in [4.69, 9.17) is 10.8 Å². The molecule has 0 saturated carbocycles. The van der Waals surface area contributed by atoms with Gasteiger partial charge in [0.25, 0.3) is 0 Å². The third-order valence-corrected chi connectivity index (χ3v) is 2.28. The highest BCUT2D eigenvalue weighted by molar-refractivity contribution is 5.98. The number of hydrogen-bond donors (Lipinski definition) is 5. The van der Waals surface area contributed by atoms with Crippen molar-refractivity contribution in [3.05, 3.63) is 12.2 Å². The van der Waals surface area contributed by atoms with Crippen LogP contribution >= 0.6 is 0 Å². The number of aliphatic hydroxyl groups excluding tert-OH is 4. The highest BCUT2D eigenvalue weighted by Gasteiger charge is 2.36. The summed E-state index contributed by atoms with van der Waals surface area (Å²) >= 11 is 0. The molecule has 0 saturated heterocycles. The first-order valence-corrected chi connectivity index (χ1v) is 4.86. The molecule has 5 atom stereocenters. The van der Waals surface area contributed by atoms with Gasteiger partial charge in [0, 0.05) is 0 Å². The first-order valence-electron chi connectivity index (χ1n) is 4.86. The molecule has 0 aromatic carbocycles. The average Bonchev–Trinajstić information content (AvgIpc) is 2.32. The molecule has 0 rings (SSSR count). The number of nitrogens with two attached hydrogens (primary N) is 1. The zero-order valence-corrected chi connectivity index (χ0v) is 9.35. The van der Waals surface area contributed by atoms with E-state index >= 15 is 0 Å². The number of carbonyl (C=O) groups excluding carboxylic acids is 2. The number of aliphatic hydroxyl groups is 4. The van der Waals surface area contributed by atoms with Crippen LogP contribution in [0.4, 0.5) is 0 Å². The molecule has 0 aromatic heterocycles. The van der Waals surface area contributed by atoms with Crippen molar-refractivity contribution in [2.45, 2.75) is 37.4 Å². The Morgan fingerprint density at radius 1 is 1.18 bits per heavy atom. The number of rotatable bonds is 7. The SMILES string of the molecule is C=C(C)C(=O)C(N)[C@@H](O)[C@@H](O)[C@H](O)[C@@H](O)C=O. The summed E-state index contributed by atoms with van der Waals surface area (Å²) in [5.41, 5.74) is 5.42. The molecule has 0 aliphatic heterocycles. The second-order valence-electron chi connectivity index (χ2n) is 3.77. The van der Waals surface area contributed by atoms with Gasteiger partial charge in [-0.1, -0.05) is 6.58 Å². The lowest BCUT2D eigenvalue weighted by Crippen LogP contribution is -2.54. The lowest BCUT2D eigenvalue weighted by atomic mass is 9.94. The fourth-order valence-corrected chi connectivity index (χ4v) is 1.14. The van der Waals surface area contributed by atoms with Crippen LogP contribution in [0.25, 0.3) is 0 Å². The zero-order valence-electron chi connectivity index (χ0n) is 9.35. The second kappa shape index (κ2) is 6.58. The van der Waals surface area contributed by atoms with Crippen LogP contribution < -0.4 is 5.73 Å². The lowest BCUT2D eigenvalue weighted by Gasteiger charge is -2.27. The number of ketones is 1. The van der Waals surface area contributed by atoms with E-state index in [1.165, 1.54) is 6.92 Å². The Morgan fingerprint density at radius 3 is 2.00 bits per heavy atom. The Morgan fingerprint density at radius 2 is 1.65 bits per heavy atom. The molecular weight excluding hydrogens is 230 g/mol. The molecular formula is C10H17NO6. The maximum atomic E-state index is 11.3. The molecule has 0 amide bonds. The van der Waals surface area contributed by atoms with Gasteiger partial charge in [-0.15, -0.1) is 0 Å². The summed E-state index contributed by atoms with van der Waals surface area (Å²) in [5.74, 6) is -0.690. The minimum Gasteiger partial charge on any atom is -0.388 e. The molecule has 0 spiro atoms. The van der Waals surface area contributed by atoms with Crippen LogP contribution in [0.1, 0.15) is 6.92 Å². The smallest absolute Gasteiger partial charge is 0.177 e. The molecule has 0 aliphatic carbocycles. The van der Waals surface area contributed by atoms with Crippen molar-refractivity contribution in [1.29, 1.82) is 0 Å². The van der Waals surface area contributed by atoms with Crippen molar-refractivity contribution in [3.8, 4) is 0 Å². The summed E-state index contributed by atoms with van der Waals surface area (Å²) < 4.78 is 0. The number of aldehydes is 1. The highest BCUT2D eigenvalue weighted by atomic mass is 16.4. The van der Waals surface area contributed by atoms with Gasteiger partial charge in [0.05, 0.1) is 6.04 Å². The molecule has 0 fully saturated rings. The maximum absolute atomic E-state index is 11.3. The van der Waals surface area contributed by atoms with E-state index in [9.17, 15) is 24.9 Å². The first kappa shape index (κ1) is 15.9. The highest BCUT2D eigenvalue weighted by Crippen LogP contribution is 2.09. The molecule has 7 heteroatoms. The molecule has 0 bridgehead atoms. The third kappa shape index (κ3) is 3.99.